The number of esters is 1. The third kappa shape index (κ3) is 4.57. The van der Waals surface area contributed by atoms with Gasteiger partial charge in [0.2, 0.25) is 5.82 Å². The molecule has 1 amide bonds. The van der Waals surface area contributed by atoms with Gasteiger partial charge >= 0.3 is 12.1 Å². The van der Waals surface area contributed by atoms with Crippen LogP contribution in [0.1, 0.15) is 51.7 Å². The van der Waals surface area contributed by atoms with E-state index in [1.54, 1.807) is 16.4 Å². The van der Waals surface area contributed by atoms with Gasteiger partial charge in [0.05, 0.1) is 6.61 Å². The molecule has 2 aromatic heterocycles. The highest BCUT2D eigenvalue weighted by Crippen LogP contribution is 2.24. The molecule has 0 aliphatic carbocycles. The number of aromatic nitrogens is 4. The normalized spacial score (nSPS) is 16.9. The van der Waals surface area contributed by atoms with Crippen LogP contribution in [-0.4, -0.2) is 67.8 Å². The van der Waals surface area contributed by atoms with Gasteiger partial charge in [-0.15, -0.1) is 0 Å². The molecule has 158 valence electrons. The number of fused-ring (bicyclic) bond motifs is 1. The first-order valence-corrected chi connectivity index (χ1v) is 9.86. The van der Waals surface area contributed by atoms with Gasteiger partial charge in [-0.25, -0.2) is 24.5 Å². The first-order chi connectivity index (χ1) is 13.7. The predicted molar refractivity (Wildman–Crippen MR) is 107 cm³/mol. The summed E-state index contributed by atoms with van der Waals surface area (Å²) >= 11 is 0. The second-order valence-corrected chi connectivity index (χ2v) is 7.85. The Bertz CT molecular complexity index is 904. The molecule has 0 aromatic carbocycles. The number of nitrogens with one attached hydrogen (secondary N) is 1. The van der Waals surface area contributed by atoms with E-state index in [0.717, 1.165) is 6.42 Å². The zero-order valence-electron chi connectivity index (χ0n) is 17.6. The van der Waals surface area contributed by atoms with E-state index in [2.05, 4.69) is 20.3 Å². The summed E-state index contributed by atoms with van der Waals surface area (Å²) in [5.41, 5.74) is 0.543. The van der Waals surface area contributed by atoms with E-state index in [-0.39, 0.29) is 24.6 Å². The molecular weight excluding hydrogens is 376 g/mol. The minimum absolute atomic E-state index is 0.00145. The van der Waals surface area contributed by atoms with Gasteiger partial charge in [0.25, 0.3) is 0 Å². The maximum Gasteiger partial charge on any atom is 0.410 e. The lowest BCUT2D eigenvalue weighted by Crippen LogP contribution is -2.36. The number of likely N-dealkylation sites (tertiary alicyclic amines) is 1. The van der Waals surface area contributed by atoms with Gasteiger partial charge in [-0.1, -0.05) is 0 Å². The standard InChI is InChI=1S/C19H28N6O4/c1-6-25-15-13(23-16(25)17(26)28-7-2)14(20-11-21-15)22-12-8-9-24(10-12)18(27)29-19(3,4)5/h11-12H,6-10H2,1-5H3,(H,20,21,22)/t12-/m0/s1. The van der Waals surface area contributed by atoms with Crippen molar-refractivity contribution in [1.82, 2.24) is 24.4 Å². The number of anilines is 1. The van der Waals surface area contributed by atoms with Crippen molar-refractivity contribution < 1.29 is 19.1 Å². The van der Waals surface area contributed by atoms with E-state index in [1.165, 1.54) is 6.33 Å². The summed E-state index contributed by atoms with van der Waals surface area (Å²) in [5.74, 6) is 0.244. The van der Waals surface area contributed by atoms with Crippen molar-refractivity contribution in [3.8, 4) is 0 Å². The van der Waals surface area contributed by atoms with Crippen LogP contribution in [-0.2, 0) is 16.0 Å². The van der Waals surface area contributed by atoms with Crippen LogP contribution in [0.2, 0.25) is 0 Å². The largest absolute Gasteiger partial charge is 0.460 e. The van der Waals surface area contributed by atoms with Crippen molar-refractivity contribution in [2.45, 2.75) is 59.2 Å². The summed E-state index contributed by atoms with van der Waals surface area (Å²) in [4.78, 5) is 39.2. The Morgan fingerprint density at radius 2 is 2.03 bits per heavy atom. The molecule has 0 bridgehead atoms. The molecule has 10 heteroatoms. The number of rotatable bonds is 5. The molecule has 2 aromatic rings. The van der Waals surface area contributed by atoms with Gasteiger partial charge in [-0.3, -0.25) is 0 Å². The fourth-order valence-electron chi connectivity index (χ4n) is 3.26. The number of imidazole rings is 1. The fourth-order valence-corrected chi connectivity index (χ4v) is 3.26. The summed E-state index contributed by atoms with van der Waals surface area (Å²) in [6.45, 7) is 11.1. The lowest BCUT2D eigenvalue weighted by molar-refractivity contribution is 0.0293. The lowest BCUT2D eigenvalue weighted by atomic mass is 10.2. The van der Waals surface area contributed by atoms with E-state index in [1.807, 2.05) is 27.7 Å². The molecule has 0 saturated carbocycles. The molecule has 0 unspecified atom stereocenters. The molecular formula is C19H28N6O4. The second kappa shape index (κ2) is 8.22. The van der Waals surface area contributed by atoms with Crippen LogP contribution in [0.15, 0.2) is 6.33 Å². The minimum atomic E-state index is -0.530. The second-order valence-electron chi connectivity index (χ2n) is 7.85. The molecule has 1 N–H and O–H groups in total. The third-order valence-corrected chi connectivity index (χ3v) is 4.49. The van der Waals surface area contributed by atoms with Gasteiger partial charge in [0.15, 0.2) is 17.0 Å². The average Bonchev–Trinajstić information content (AvgIpc) is 3.25. The Kier molecular flexibility index (Phi) is 5.90. The number of hydrogen-bond donors (Lipinski definition) is 1. The smallest absolute Gasteiger partial charge is 0.410 e. The van der Waals surface area contributed by atoms with E-state index in [9.17, 15) is 9.59 Å². The predicted octanol–water partition coefficient (Wildman–Crippen LogP) is 2.44. The zero-order valence-corrected chi connectivity index (χ0v) is 17.6. The summed E-state index contributed by atoms with van der Waals surface area (Å²) < 4.78 is 12.3. The van der Waals surface area contributed by atoms with Crippen molar-refractivity contribution in [2.75, 3.05) is 25.0 Å². The maximum absolute atomic E-state index is 12.3. The summed E-state index contributed by atoms with van der Waals surface area (Å²) in [5, 5.41) is 3.34. The molecule has 1 aliphatic rings. The quantitative estimate of drug-likeness (QED) is 0.757. The molecule has 0 spiro atoms. The van der Waals surface area contributed by atoms with Gasteiger partial charge in [0, 0.05) is 25.7 Å². The van der Waals surface area contributed by atoms with Gasteiger partial charge < -0.3 is 24.3 Å². The Morgan fingerprint density at radius 1 is 1.28 bits per heavy atom. The lowest BCUT2D eigenvalue weighted by Gasteiger charge is -2.24. The van der Waals surface area contributed by atoms with Gasteiger partial charge in [-0.05, 0) is 41.0 Å². The fraction of sp³-hybridized carbons (Fsp3) is 0.632. The van der Waals surface area contributed by atoms with Crippen LogP contribution >= 0.6 is 0 Å². The molecule has 1 fully saturated rings. The van der Waals surface area contributed by atoms with Crippen molar-refractivity contribution in [3.05, 3.63) is 12.2 Å². The number of amides is 1. The molecule has 1 saturated heterocycles. The molecule has 29 heavy (non-hydrogen) atoms. The molecule has 1 atom stereocenters. The van der Waals surface area contributed by atoms with Crippen LogP contribution in [0.5, 0.6) is 0 Å². The Hall–Kier alpha value is -2.91. The van der Waals surface area contributed by atoms with Crippen LogP contribution < -0.4 is 5.32 Å². The Labute approximate surface area is 169 Å². The first-order valence-electron chi connectivity index (χ1n) is 9.86. The summed E-state index contributed by atoms with van der Waals surface area (Å²) in [6, 6.07) is -0.00145. The maximum atomic E-state index is 12.3. The minimum Gasteiger partial charge on any atom is -0.460 e. The Balaban J connectivity index is 1.79. The number of ether oxygens (including phenoxy) is 2. The van der Waals surface area contributed by atoms with Crippen molar-refractivity contribution in [2.24, 2.45) is 0 Å². The van der Waals surface area contributed by atoms with Crippen molar-refractivity contribution in [1.29, 1.82) is 0 Å². The van der Waals surface area contributed by atoms with E-state index < -0.39 is 11.6 Å². The van der Waals surface area contributed by atoms with Gasteiger partial charge in [-0.2, -0.15) is 0 Å². The SMILES string of the molecule is CCOC(=O)c1nc2c(N[C@H]3CCN(C(=O)OC(C)(C)C)C3)ncnc2n1CC. The number of nitrogens with zero attached hydrogens (tertiary/aromatic N) is 5. The summed E-state index contributed by atoms with van der Waals surface area (Å²) in [6.07, 6.45) is 1.87. The molecule has 1 aliphatic heterocycles. The van der Waals surface area contributed by atoms with Crippen LogP contribution in [0.4, 0.5) is 10.6 Å². The van der Waals surface area contributed by atoms with Crippen molar-refractivity contribution >= 4 is 29.0 Å². The van der Waals surface area contributed by atoms with E-state index in [4.69, 9.17) is 9.47 Å². The zero-order chi connectivity index (χ0) is 21.2. The van der Waals surface area contributed by atoms with E-state index >= 15 is 0 Å². The van der Waals surface area contributed by atoms with E-state index in [0.29, 0.717) is 36.6 Å². The molecule has 3 rings (SSSR count). The first kappa shape index (κ1) is 20.8. The van der Waals surface area contributed by atoms with Crippen molar-refractivity contribution in [3.63, 3.8) is 0 Å². The van der Waals surface area contributed by atoms with Crippen LogP contribution in [0.25, 0.3) is 11.2 Å². The molecule has 0 radical (unpaired) electrons. The number of carbonyl (C=O) groups is 2. The van der Waals surface area contributed by atoms with Crippen LogP contribution in [0, 0.1) is 0 Å². The number of aryl methyl sites for hydroxylation is 1. The number of carbonyl (C=O) groups excluding carboxylic acids is 2. The third-order valence-electron chi connectivity index (χ3n) is 4.49. The highest BCUT2D eigenvalue weighted by molar-refractivity contribution is 5.93. The molecule has 3 heterocycles. The van der Waals surface area contributed by atoms with Gasteiger partial charge in [0.1, 0.15) is 11.9 Å². The Morgan fingerprint density at radius 3 is 2.69 bits per heavy atom. The molecule has 10 nitrogen and oxygen atoms in total. The van der Waals surface area contributed by atoms with Crippen LogP contribution in [0.3, 0.4) is 0 Å². The number of hydrogen-bond acceptors (Lipinski definition) is 8. The monoisotopic (exact) mass is 404 g/mol. The topological polar surface area (TPSA) is 111 Å². The summed E-state index contributed by atoms with van der Waals surface area (Å²) in [7, 11) is 0. The average molecular weight is 404 g/mol. The highest BCUT2D eigenvalue weighted by Gasteiger charge is 2.31. The highest BCUT2D eigenvalue weighted by atomic mass is 16.6.